The molecule has 0 unspecified atom stereocenters. The molecule has 3 fully saturated rings. The number of rotatable bonds is 2. The Bertz CT molecular complexity index is 690. The SMILES string of the molecule is C[C@]12CCC(=O)C=C1CC[C@@H]1[C@@H]2[C@@H](O)C[C@@]2(C)[C@H]1CC[C@]2(O)C(=O)CO.[KH]. The Labute approximate surface area is 203 Å². The predicted octanol–water partition coefficient (Wildman–Crippen LogP) is 1.13. The summed E-state index contributed by atoms with van der Waals surface area (Å²) < 4.78 is 0. The molecule has 0 aliphatic heterocycles. The Balaban J connectivity index is 0.00000210. The summed E-state index contributed by atoms with van der Waals surface area (Å²) >= 11 is 0. The molecule has 0 aromatic carbocycles. The number of hydrogen-bond donors (Lipinski definition) is 3. The van der Waals surface area contributed by atoms with Crippen molar-refractivity contribution in [2.45, 2.75) is 70.5 Å². The Kier molecular flexibility index (Phi) is 6.09. The van der Waals surface area contributed by atoms with Gasteiger partial charge in [-0.15, -0.1) is 0 Å². The number of Topliss-reactive ketones (excluding diaryl/α,β-unsaturated/α-hetero) is 1. The number of aliphatic hydroxyl groups is 3. The van der Waals surface area contributed by atoms with Crippen molar-refractivity contribution < 1.29 is 24.9 Å². The van der Waals surface area contributed by atoms with Crippen molar-refractivity contribution in [1.82, 2.24) is 0 Å². The topological polar surface area (TPSA) is 94.8 Å². The van der Waals surface area contributed by atoms with Crippen molar-refractivity contribution in [3.63, 3.8) is 0 Å². The van der Waals surface area contributed by atoms with Gasteiger partial charge in [0.15, 0.2) is 11.6 Å². The fourth-order valence-electron chi connectivity index (χ4n) is 7.28. The van der Waals surface area contributed by atoms with E-state index < -0.39 is 29.5 Å². The second-order valence-corrected chi connectivity index (χ2v) is 9.56. The van der Waals surface area contributed by atoms with Gasteiger partial charge in [-0.2, -0.15) is 0 Å². The second-order valence-electron chi connectivity index (χ2n) is 9.56. The number of hydrogen-bond acceptors (Lipinski definition) is 5. The molecule has 0 aromatic heterocycles. The summed E-state index contributed by atoms with van der Waals surface area (Å²) in [5.74, 6) is 0.140. The fraction of sp³-hybridized carbons (Fsp3) is 0.810. The Morgan fingerprint density at radius 2 is 1.93 bits per heavy atom. The van der Waals surface area contributed by atoms with Crippen LogP contribution in [0, 0.1) is 28.6 Å². The second kappa shape index (κ2) is 7.38. The summed E-state index contributed by atoms with van der Waals surface area (Å²) in [7, 11) is 0. The molecule has 146 valence electrons. The molecule has 3 N–H and O–H groups in total. The zero-order valence-corrected chi connectivity index (χ0v) is 15.7. The van der Waals surface area contributed by atoms with Crippen LogP contribution in [0.25, 0.3) is 0 Å². The van der Waals surface area contributed by atoms with E-state index >= 15 is 0 Å². The number of carbonyl (C=O) groups excluding carboxylic acids is 2. The summed E-state index contributed by atoms with van der Waals surface area (Å²) in [6.07, 6.45) is 5.74. The average molecular weight is 403 g/mol. The van der Waals surface area contributed by atoms with Gasteiger partial charge < -0.3 is 15.3 Å². The van der Waals surface area contributed by atoms with Gasteiger partial charge in [-0.25, -0.2) is 0 Å². The molecule has 4 aliphatic rings. The molecule has 27 heavy (non-hydrogen) atoms. The van der Waals surface area contributed by atoms with E-state index in [4.69, 9.17) is 0 Å². The van der Waals surface area contributed by atoms with Gasteiger partial charge >= 0.3 is 51.4 Å². The molecule has 5 nitrogen and oxygen atoms in total. The van der Waals surface area contributed by atoms with Crippen LogP contribution in [0.15, 0.2) is 11.6 Å². The van der Waals surface area contributed by atoms with Gasteiger partial charge in [-0.05, 0) is 67.8 Å². The monoisotopic (exact) mass is 402 g/mol. The van der Waals surface area contributed by atoms with Crippen LogP contribution in [-0.2, 0) is 9.59 Å². The first-order chi connectivity index (χ1) is 12.2. The molecule has 7 atom stereocenters. The maximum absolute atomic E-state index is 12.4. The molecule has 3 saturated carbocycles. The van der Waals surface area contributed by atoms with Gasteiger partial charge in [-0.3, -0.25) is 9.59 Å². The summed E-state index contributed by atoms with van der Waals surface area (Å²) in [4.78, 5) is 24.3. The van der Waals surface area contributed by atoms with Gasteiger partial charge in [-0.1, -0.05) is 19.4 Å². The summed E-state index contributed by atoms with van der Waals surface area (Å²) in [5, 5.41) is 31.7. The zero-order chi connectivity index (χ0) is 18.9. The quantitative estimate of drug-likeness (QED) is 0.602. The van der Waals surface area contributed by atoms with Crippen LogP contribution in [0.3, 0.4) is 0 Å². The van der Waals surface area contributed by atoms with Gasteiger partial charge in [0.2, 0.25) is 0 Å². The van der Waals surface area contributed by atoms with Crippen molar-refractivity contribution in [2.24, 2.45) is 28.6 Å². The maximum atomic E-state index is 12.4. The molecule has 0 amide bonds. The Hall–Kier alpha value is 0.596. The third kappa shape index (κ3) is 2.97. The van der Waals surface area contributed by atoms with Crippen LogP contribution in [0.5, 0.6) is 0 Å². The third-order valence-electron chi connectivity index (χ3n) is 8.65. The van der Waals surface area contributed by atoms with Crippen molar-refractivity contribution in [3.05, 3.63) is 11.6 Å². The van der Waals surface area contributed by atoms with E-state index in [0.29, 0.717) is 19.3 Å². The van der Waals surface area contributed by atoms with E-state index in [2.05, 4.69) is 6.92 Å². The van der Waals surface area contributed by atoms with E-state index in [1.165, 1.54) is 5.57 Å². The van der Waals surface area contributed by atoms with Gasteiger partial charge in [0, 0.05) is 11.8 Å². The molecule has 0 radical (unpaired) electrons. The van der Waals surface area contributed by atoms with Crippen molar-refractivity contribution in [3.8, 4) is 0 Å². The van der Waals surface area contributed by atoms with E-state index in [-0.39, 0.29) is 80.3 Å². The molecule has 4 aliphatic carbocycles. The average Bonchev–Trinajstić information content (AvgIpc) is 2.86. The fourth-order valence-corrected chi connectivity index (χ4v) is 7.28. The number of allylic oxidation sites excluding steroid dienone is 1. The van der Waals surface area contributed by atoms with Gasteiger partial charge in [0.25, 0.3) is 0 Å². The molecule has 0 spiro atoms. The minimum atomic E-state index is -1.54. The Morgan fingerprint density at radius 3 is 2.59 bits per heavy atom. The molecular formula is C21H31KO5. The number of aliphatic hydroxyl groups excluding tert-OH is 2. The minimum absolute atomic E-state index is 0. The Morgan fingerprint density at radius 1 is 1.22 bits per heavy atom. The third-order valence-corrected chi connectivity index (χ3v) is 8.65. The molecule has 6 heteroatoms. The molecule has 0 aromatic rings. The molecule has 0 saturated heterocycles. The number of carbonyl (C=O) groups is 2. The number of fused-ring (bicyclic) bond motifs is 5. The van der Waals surface area contributed by atoms with E-state index in [1.54, 1.807) is 6.08 Å². The first-order valence-corrected chi connectivity index (χ1v) is 9.96. The van der Waals surface area contributed by atoms with Crippen LogP contribution in [0.2, 0.25) is 0 Å². The van der Waals surface area contributed by atoms with Crippen molar-refractivity contribution in [1.29, 1.82) is 0 Å². The summed E-state index contributed by atoms with van der Waals surface area (Å²) in [5.41, 5.74) is -1.23. The molecule has 0 heterocycles. The van der Waals surface area contributed by atoms with Crippen LogP contribution in [-0.4, -0.2) is 96.6 Å². The normalized spacial score (nSPS) is 48.6. The summed E-state index contributed by atoms with van der Waals surface area (Å²) in [6.45, 7) is 3.46. The van der Waals surface area contributed by atoms with Crippen molar-refractivity contribution in [2.75, 3.05) is 6.61 Å². The van der Waals surface area contributed by atoms with E-state index in [0.717, 1.165) is 25.7 Å². The molecular weight excluding hydrogens is 371 g/mol. The summed E-state index contributed by atoms with van der Waals surface area (Å²) in [6, 6.07) is 0. The molecule has 0 bridgehead atoms. The predicted molar refractivity (Wildman–Crippen MR) is 102 cm³/mol. The van der Waals surface area contributed by atoms with E-state index in [9.17, 15) is 24.9 Å². The standard InChI is InChI=1S/C21H30O5.K.H/c1-19-7-5-13(23)9-12(19)3-4-14-15-6-8-21(26,17(25)11-22)20(15,2)10-16(24)18(14)19;;/h9,14-16,18,22,24,26H,3-8,10-11H2,1-2H3;;/t14-,15-,16-,18+,19-,20-,21-;;/m0../s1. The van der Waals surface area contributed by atoms with E-state index in [1.807, 2.05) is 6.92 Å². The van der Waals surface area contributed by atoms with Crippen LogP contribution in [0.1, 0.15) is 58.8 Å². The van der Waals surface area contributed by atoms with Crippen molar-refractivity contribution >= 4 is 63.0 Å². The van der Waals surface area contributed by atoms with Crippen LogP contribution in [0.4, 0.5) is 0 Å². The van der Waals surface area contributed by atoms with Gasteiger partial charge in [0.1, 0.15) is 12.2 Å². The molecule has 4 rings (SSSR count). The van der Waals surface area contributed by atoms with Crippen LogP contribution < -0.4 is 0 Å². The number of ketones is 2. The first kappa shape index (κ1) is 22.3. The first-order valence-electron chi connectivity index (χ1n) is 9.96. The van der Waals surface area contributed by atoms with Crippen LogP contribution >= 0.6 is 0 Å². The van der Waals surface area contributed by atoms with Gasteiger partial charge in [0.05, 0.1) is 6.10 Å². The zero-order valence-electron chi connectivity index (χ0n) is 15.7.